The summed E-state index contributed by atoms with van der Waals surface area (Å²) in [5, 5.41) is 0.320. The van der Waals surface area contributed by atoms with Crippen LogP contribution in [0.25, 0.3) is 0 Å². The SMILES string of the molecule is CN(C)C(=O)c1cnc(NN)c(Cl)c1. The van der Waals surface area contributed by atoms with Crippen molar-refractivity contribution in [2.75, 3.05) is 19.5 Å². The van der Waals surface area contributed by atoms with Crippen LogP contribution in [0.4, 0.5) is 5.82 Å². The van der Waals surface area contributed by atoms with Crippen LogP contribution in [0.2, 0.25) is 5.02 Å². The molecule has 0 aromatic carbocycles. The van der Waals surface area contributed by atoms with Crippen LogP contribution in [0.15, 0.2) is 12.3 Å². The lowest BCUT2D eigenvalue weighted by atomic mass is 10.2. The number of aromatic nitrogens is 1. The van der Waals surface area contributed by atoms with Gasteiger partial charge in [-0.3, -0.25) is 4.79 Å². The second kappa shape index (κ2) is 4.26. The summed E-state index contributed by atoms with van der Waals surface area (Å²) in [6, 6.07) is 1.52. The predicted octanol–water partition coefficient (Wildman–Crippen LogP) is 0.722. The number of anilines is 1. The van der Waals surface area contributed by atoms with E-state index in [1.54, 1.807) is 14.1 Å². The average Bonchev–Trinajstić information content (AvgIpc) is 2.16. The number of rotatable bonds is 2. The number of nitrogen functional groups attached to an aromatic ring is 1. The zero-order chi connectivity index (χ0) is 10.7. The maximum absolute atomic E-state index is 11.5. The quantitative estimate of drug-likeness (QED) is 0.562. The summed E-state index contributed by atoms with van der Waals surface area (Å²) < 4.78 is 0. The van der Waals surface area contributed by atoms with Gasteiger partial charge in [-0.05, 0) is 6.07 Å². The minimum Gasteiger partial charge on any atom is -0.345 e. The lowest BCUT2D eigenvalue weighted by molar-refractivity contribution is 0.0827. The summed E-state index contributed by atoms with van der Waals surface area (Å²) >= 11 is 5.80. The normalized spacial score (nSPS) is 9.71. The summed E-state index contributed by atoms with van der Waals surface area (Å²) in [7, 11) is 3.32. The van der Waals surface area contributed by atoms with Gasteiger partial charge in [0, 0.05) is 20.3 Å². The molecule has 76 valence electrons. The van der Waals surface area contributed by atoms with E-state index in [-0.39, 0.29) is 5.91 Å². The lowest BCUT2D eigenvalue weighted by Gasteiger charge is -2.10. The first-order chi connectivity index (χ1) is 6.56. The highest BCUT2D eigenvalue weighted by atomic mass is 35.5. The highest BCUT2D eigenvalue weighted by Crippen LogP contribution is 2.19. The molecule has 0 radical (unpaired) electrons. The Labute approximate surface area is 86.8 Å². The first-order valence-corrected chi connectivity index (χ1v) is 4.28. The van der Waals surface area contributed by atoms with E-state index in [1.807, 2.05) is 0 Å². The van der Waals surface area contributed by atoms with E-state index in [0.717, 1.165) is 0 Å². The molecule has 0 aliphatic rings. The second-order valence-electron chi connectivity index (χ2n) is 2.90. The fourth-order valence-corrected chi connectivity index (χ4v) is 1.14. The molecule has 0 saturated carbocycles. The number of hydrogen-bond donors (Lipinski definition) is 2. The van der Waals surface area contributed by atoms with Crippen LogP contribution in [-0.4, -0.2) is 29.9 Å². The van der Waals surface area contributed by atoms with Crippen molar-refractivity contribution in [1.29, 1.82) is 0 Å². The summed E-state index contributed by atoms with van der Waals surface area (Å²) in [5.74, 6) is 5.34. The summed E-state index contributed by atoms with van der Waals surface area (Å²) in [5.41, 5.74) is 2.75. The van der Waals surface area contributed by atoms with Crippen molar-refractivity contribution in [3.05, 3.63) is 22.8 Å². The lowest BCUT2D eigenvalue weighted by Crippen LogP contribution is -2.22. The molecule has 0 spiro atoms. The average molecular weight is 215 g/mol. The fourth-order valence-electron chi connectivity index (χ4n) is 0.919. The van der Waals surface area contributed by atoms with Crippen molar-refractivity contribution in [1.82, 2.24) is 9.88 Å². The molecule has 0 aliphatic carbocycles. The number of nitrogens with one attached hydrogen (secondary N) is 1. The smallest absolute Gasteiger partial charge is 0.254 e. The number of pyridine rings is 1. The van der Waals surface area contributed by atoms with E-state index in [9.17, 15) is 4.79 Å². The number of carbonyl (C=O) groups excluding carboxylic acids is 1. The van der Waals surface area contributed by atoms with Gasteiger partial charge in [0.25, 0.3) is 5.91 Å². The number of carbonyl (C=O) groups is 1. The van der Waals surface area contributed by atoms with Crippen LogP contribution >= 0.6 is 11.6 Å². The molecule has 0 bridgehead atoms. The topological polar surface area (TPSA) is 71.2 Å². The fraction of sp³-hybridized carbons (Fsp3) is 0.250. The van der Waals surface area contributed by atoms with Gasteiger partial charge in [0.15, 0.2) is 5.82 Å². The second-order valence-corrected chi connectivity index (χ2v) is 3.31. The zero-order valence-electron chi connectivity index (χ0n) is 7.91. The molecule has 3 N–H and O–H groups in total. The van der Waals surface area contributed by atoms with Crippen LogP contribution in [-0.2, 0) is 0 Å². The van der Waals surface area contributed by atoms with Gasteiger partial charge in [-0.15, -0.1) is 0 Å². The van der Waals surface area contributed by atoms with E-state index in [1.165, 1.54) is 17.2 Å². The van der Waals surface area contributed by atoms with Gasteiger partial charge in [-0.25, -0.2) is 10.8 Å². The molecule has 0 fully saturated rings. The van der Waals surface area contributed by atoms with Crippen LogP contribution in [0.1, 0.15) is 10.4 Å². The monoisotopic (exact) mass is 214 g/mol. The summed E-state index contributed by atoms with van der Waals surface area (Å²) in [6.07, 6.45) is 1.42. The Balaban J connectivity index is 3.03. The first-order valence-electron chi connectivity index (χ1n) is 3.90. The minimum atomic E-state index is -0.150. The maximum atomic E-state index is 11.5. The molecule has 1 aromatic heterocycles. The van der Waals surface area contributed by atoms with Crippen LogP contribution < -0.4 is 11.3 Å². The van der Waals surface area contributed by atoms with Gasteiger partial charge < -0.3 is 10.3 Å². The third kappa shape index (κ3) is 2.12. The van der Waals surface area contributed by atoms with E-state index >= 15 is 0 Å². The van der Waals surface area contributed by atoms with Gasteiger partial charge in [0.2, 0.25) is 0 Å². The predicted molar refractivity (Wildman–Crippen MR) is 55.1 cm³/mol. The molecule has 0 aliphatic heterocycles. The maximum Gasteiger partial charge on any atom is 0.254 e. The molecule has 14 heavy (non-hydrogen) atoms. The molecule has 1 amide bonds. The molecular weight excluding hydrogens is 204 g/mol. The Hall–Kier alpha value is -1.33. The molecule has 0 unspecified atom stereocenters. The molecule has 1 aromatic rings. The standard InChI is InChI=1S/C8H11ClN4O/c1-13(2)8(14)5-3-6(9)7(12-10)11-4-5/h3-4H,10H2,1-2H3,(H,11,12). The van der Waals surface area contributed by atoms with Crippen molar-refractivity contribution in [3.63, 3.8) is 0 Å². The molecule has 0 saturated heterocycles. The van der Waals surface area contributed by atoms with Crippen molar-refractivity contribution in [2.24, 2.45) is 5.84 Å². The number of hydrogen-bond acceptors (Lipinski definition) is 4. The third-order valence-corrected chi connectivity index (χ3v) is 1.92. The first kappa shape index (κ1) is 10.7. The molecule has 5 nitrogen and oxygen atoms in total. The number of nitrogens with two attached hydrogens (primary N) is 1. The third-order valence-electron chi connectivity index (χ3n) is 1.63. The van der Waals surface area contributed by atoms with Crippen molar-refractivity contribution in [3.8, 4) is 0 Å². The molecule has 0 atom stereocenters. The zero-order valence-corrected chi connectivity index (χ0v) is 8.67. The Morgan fingerprint density at radius 1 is 1.64 bits per heavy atom. The van der Waals surface area contributed by atoms with Gasteiger partial charge in [-0.2, -0.15) is 0 Å². The number of hydrazine groups is 1. The van der Waals surface area contributed by atoms with E-state index in [0.29, 0.717) is 16.4 Å². The Kier molecular flexibility index (Phi) is 3.27. The van der Waals surface area contributed by atoms with E-state index < -0.39 is 0 Å². The molecule has 6 heteroatoms. The van der Waals surface area contributed by atoms with Crippen molar-refractivity contribution < 1.29 is 4.79 Å². The molecule has 1 rings (SSSR count). The van der Waals surface area contributed by atoms with Gasteiger partial charge in [-0.1, -0.05) is 11.6 Å². The van der Waals surface area contributed by atoms with Gasteiger partial charge in [0.05, 0.1) is 10.6 Å². The highest BCUT2D eigenvalue weighted by molar-refractivity contribution is 6.33. The van der Waals surface area contributed by atoms with E-state index in [4.69, 9.17) is 17.4 Å². The summed E-state index contributed by atoms with van der Waals surface area (Å²) in [6.45, 7) is 0. The number of nitrogens with zero attached hydrogens (tertiary/aromatic N) is 2. The molecular formula is C8H11ClN4O. The van der Waals surface area contributed by atoms with Gasteiger partial charge in [0.1, 0.15) is 0 Å². The summed E-state index contributed by atoms with van der Waals surface area (Å²) in [4.78, 5) is 16.8. The van der Waals surface area contributed by atoms with Crippen LogP contribution in [0, 0.1) is 0 Å². The Morgan fingerprint density at radius 3 is 2.71 bits per heavy atom. The number of amides is 1. The van der Waals surface area contributed by atoms with Crippen LogP contribution in [0.3, 0.4) is 0 Å². The van der Waals surface area contributed by atoms with Gasteiger partial charge >= 0.3 is 0 Å². The highest BCUT2D eigenvalue weighted by Gasteiger charge is 2.10. The minimum absolute atomic E-state index is 0.150. The van der Waals surface area contributed by atoms with E-state index in [2.05, 4.69) is 10.4 Å². The molecule has 1 heterocycles. The van der Waals surface area contributed by atoms with Crippen LogP contribution in [0.5, 0.6) is 0 Å². The van der Waals surface area contributed by atoms with Crippen molar-refractivity contribution in [2.45, 2.75) is 0 Å². The Bertz CT molecular complexity index is 353. The largest absolute Gasteiger partial charge is 0.345 e. The van der Waals surface area contributed by atoms with Crippen molar-refractivity contribution >= 4 is 23.3 Å². The Morgan fingerprint density at radius 2 is 2.29 bits per heavy atom. The number of halogens is 1.